The highest BCUT2D eigenvalue weighted by Crippen LogP contribution is 2.35. The Hall–Kier alpha value is -4.09. The van der Waals surface area contributed by atoms with Gasteiger partial charge in [0.2, 0.25) is 0 Å². The number of aromatic amines is 1. The molecule has 0 aliphatic heterocycles. The predicted octanol–water partition coefficient (Wildman–Crippen LogP) is 6.64. The lowest BCUT2D eigenvalue weighted by Gasteiger charge is -2.18. The molecule has 1 amide bonds. The minimum Gasteiger partial charge on any atom is -0.480 e. The molecule has 3 N–H and O–H groups in total. The van der Waals surface area contributed by atoms with Gasteiger partial charge in [-0.2, -0.15) is 5.26 Å². The summed E-state index contributed by atoms with van der Waals surface area (Å²) in [7, 11) is 0. The number of nitrogens with zero attached hydrogens (tertiary/aromatic N) is 2. The average Bonchev–Trinajstić information content (AvgIpc) is 3.37. The van der Waals surface area contributed by atoms with E-state index in [0.29, 0.717) is 38.1 Å². The van der Waals surface area contributed by atoms with E-state index in [2.05, 4.69) is 21.4 Å². The molecule has 188 valence electrons. The highest BCUT2D eigenvalue weighted by molar-refractivity contribution is 6.43. The summed E-state index contributed by atoms with van der Waals surface area (Å²) in [6, 6.07) is 16.3. The number of fused-ring (bicyclic) bond motifs is 2. The van der Waals surface area contributed by atoms with Crippen LogP contribution in [0.2, 0.25) is 15.1 Å². The molecule has 5 rings (SSSR count). The van der Waals surface area contributed by atoms with E-state index in [1.807, 2.05) is 6.07 Å². The van der Waals surface area contributed by atoms with Crippen LogP contribution < -0.4 is 5.32 Å². The van der Waals surface area contributed by atoms with Crippen LogP contribution in [-0.2, 0) is 11.2 Å². The normalized spacial score (nSPS) is 11.8. The lowest BCUT2D eigenvalue weighted by atomic mass is 9.94. The van der Waals surface area contributed by atoms with Crippen molar-refractivity contribution in [2.75, 3.05) is 0 Å². The topological polar surface area (TPSA) is 119 Å². The molecule has 0 saturated carbocycles. The van der Waals surface area contributed by atoms with Crippen molar-refractivity contribution in [3.63, 3.8) is 0 Å². The third-order valence-electron chi connectivity index (χ3n) is 6.24. The number of hydrogen-bond acceptors (Lipinski definition) is 4. The second-order valence-corrected chi connectivity index (χ2v) is 9.73. The van der Waals surface area contributed by atoms with Crippen molar-refractivity contribution in [2.24, 2.45) is 0 Å². The number of carboxylic acid groups (broad SMARTS) is 1. The van der Waals surface area contributed by atoms with Gasteiger partial charge in [-0.05, 0) is 35.9 Å². The van der Waals surface area contributed by atoms with E-state index in [0.717, 1.165) is 10.9 Å². The maximum atomic E-state index is 13.1. The number of H-pyrrole nitrogens is 1. The number of rotatable bonds is 6. The van der Waals surface area contributed by atoms with E-state index in [1.54, 1.807) is 60.9 Å². The van der Waals surface area contributed by atoms with Crippen LogP contribution in [0.15, 0.2) is 67.0 Å². The third-order valence-corrected chi connectivity index (χ3v) is 7.23. The standard InChI is InChI=1S/C28H17Cl3N4O3/c29-20-10-14(13-32)3-5-18(20)19-6-4-15(17-2-1-8-33-26(17)19)12-22(28(37)38)35-27(36)23-21(30)11-16-7-9-34-25(16)24(23)31/h1-11,22,34H,12H2,(H,35,36)(H,37,38)/t22-/m0/s1. The summed E-state index contributed by atoms with van der Waals surface area (Å²) in [5.41, 5.74) is 3.64. The Labute approximate surface area is 231 Å². The molecule has 7 nitrogen and oxygen atoms in total. The van der Waals surface area contributed by atoms with Crippen LogP contribution in [0.5, 0.6) is 0 Å². The summed E-state index contributed by atoms with van der Waals surface area (Å²) in [6.07, 6.45) is 3.28. The largest absolute Gasteiger partial charge is 0.480 e. The van der Waals surface area contributed by atoms with Crippen LogP contribution in [0.3, 0.4) is 0 Å². The molecule has 3 aromatic carbocycles. The van der Waals surface area contributed by atoms with Crippen LogP contribution in [-0.4, -0.2) is 33.0 Å². The number of nitriles is 1. The monoisotopic (exact) mass is 562 g/mol. The molecule has 0 fully saturated rings. The molecule has 2 aromatic heterocycles. The van der Waals surface area contributed by atoms with E-state index < -0.39 is 17.9 Å². The van der Waals surface area contributed by atoms with E-state index >= 15 is 0 Å². The van der Waals surface area contributed by atoms with Crippen molar-refractivity contribution in [3.05, 3.63) is 98.7 Å². The van der Waals surface area contributed by atoms with Crippen molar-refractivity contribution in [1.29, 1.82) is 5.26 Å². The fraction of sp³-hybridized carbons (Fsp3) is 0.0714. The quantitative estimate of drug-likeness (QED) is 0.214. The minimum atomic E-state index is -1.28. The number of benzene rings is 3. The summed E-state index contributed by atoms with van der Waals surface area (Å²) < 4.78 is 0. The lowest BCUT2D eigenvalue weighted by molar-refractivity contribution is -0.139. The lowest BCUT2D eigenvalue weighted by Crippen LogP contribution is -2.42. The summed E-state index contributed by atoms with van der Waals surface area (Å²) in [6.45, 7) is 0. The molecule has 0 bridgehead atoms. The maximum Gasteiger partial charge on any atom is 0.326 e. The Morgan fingerprint density at radius 1 is 1.05 bits per heavy atom. The Balaban J connectivity index is 1.50. The summed E-state index contributed by atoms with van der Waals surface area (Å²) in [5, 5.41) is 23.7. The van der Waals surface area contributed by atoms with Crippen LogP contribution in [0.25, 0.3) is 32.9 Å². The van der Waals surface area contributed by atoms with E-state index in [1.165, 1.54) is 0 Å². The van der Waals surface area contributed by atoms with Crippen LogP contribution in [0.4, 0.5) is 0 Å². The number of hydrogen-bond donors (Lipinski definition) is 3. The van der Waals surface area contributed by atoms with Gasteiger partial charge in [-0.3, -0.25) is 9.78 Å². The van der Waals surface area contributed by atoms with Gasteiger partial charge in [0, 0.05) is 45.7 Å². The zero-order valence-corrected chi connectivity index (χ0v) is 21.7. The van der Waals surface area contributed by atoms with Crippen LogP contribution in [0.1, 0.15) is 21.5 Å². The third kappa shape index (κ3) is 4.66. The highest BCUT2D eigenvalue weighted by Gasteiger charge is 2.26. The van der Waals surface area contributed by atoms with Crippen LogP contribution in [0, 0.1) is 11.3 Å². The van der Waals surface area contributed by atoms with E-state index in [9.17, 15) is 14.7 Å². The van der Waals surface area contributed by atoms with Gasteiger partial charge in [0.15, 0.2) is 0 Å². The molecule has 10 heteroatoms. The number of nitrogens with one attached hydrogen (secondary N) is 2. The molecule has 5 aromatic rings. The first-order valence-corrected chi connectivity index (χ1v) is 12.5. The maximum absolute atomic E-state index is 13.1. The SMILES string of the molecule is N#Cc1ccc(-c2ccc(C[C@H](NC(=O)c3c(Cl)cc4cc[nH]c4c3Cl)C(=O)O)c3cccnc23)c(Cl)c1. The number of carbonyl (C=O) groups excluding carboxylic acids is 1. The Morgan fingerprint density at radius 3 is 2.58 bits per heavy atom. The second-order valence-electron chi connectivity index (χ2n) is 8.54. The van der Waals surface area contributed by atoms with Gasteiger partial charge in [-0.25, -0.2) is 4.79 Å². The van der Waals surface area contributed by atoms with E-state index in [4.69, 9.17) is 40.1 Å². The highest BCUT2D eigenvalue weighted by atomic mass is 35.5. The van der Waals surface area contributed by atoms with Crippen molar-refractivity contribution >= 4 is 68.5 Å². The predicted molar refractivity (Wildman–Crippen MR) is 148 cm³/mol. The van der Waals surface area contributed by atoms with Crippen molar-refractivity contribution in [2.45, 2.75) is 12.5 Å². The number of carbonyl (C=O) groups is 2. The first-order valence-electron chi connectivity index (χ1n) is 11.3. The Bertz CT molecular complexity index is 1790. The molecular weight excluding hydrogens is 547 g/mol. The molecule has 2 heterocycles. The molecule has 38 heavy (non-hydrogen) atoms. The summed E-state index contributed by atoms with van der Waals surface area (Å²) in [5.74, 6) is -1.92. The van der Waals surface area contributed by atoms with Gasteiger partial charge in [0.25, 0.3) is 5.91 Å². The summed E-state index contributed by atoms with van der Waals surface area (Å²) >= 11 is 19.2. The van der Waals surface area contributed by atoms with Gasteiger partial charge >= 0.3 is 5.97 Å². The van der Waals surface area contributed by atoms with Gasteiger partial charge in [0.05, 0.1) is 38.3 Å². The Kier molecular flexibility index (Phi) is 6.96. The number of halogens is 3. The molecule has 1 atom stereocenters. The fourth-order valence-electron chi connectivity index (χ4n) is 4.42. The zero-order valence-electron chi connectivity index (χ0n) is 19.4. The molecular formula is C28H17Cl3N4O3. The first-order chi connectivity index (χ1) is 18.3. The Morgan fingerprint density at radius 2 is 1.84 bits per heavy atom. The minimum absolute atomic E-state index is 0.00753. The molecule has 0 aliphatic carbocycles. The molecule has 0 unspecified atom stereocenters. The number of amides is 1. The number of aromatic nitrogens is 2. The fourth-order valence-corrected chi connectivity index (χ4v) is 5.40. The number of aliphatic carboxylic acids is 1. The van der Waals surface area contributed by atoms with Gasteiger partial charge < -0.3 is 15.4 Å². The molecule has 0 saturated heterocycles. The zero-order chi connectivity index (χ0) is 27.0. The summed E-state index contributed by atoms with van der Waals surface area (Å²) in [4.78, 5) is 32.8. The van der Waals surface area contributed by atoms with Crippen molar-refractivity contribution in [3.8, 4) is 17.2 Å². The molecule has 0 spiro atoms. The van der Waals surface area contributed by atoms with Gasteiger partial charge in [-0.1, -0.05) is 59.1 Å². The second kappa shape index (κ2) is 10.3. The van der Waals surface area contributed by atoms with Crippen LogP contribution >= 0.6 is 34.8 Å². The first kappa shape index (κ1) is 25.6. The smallest absolute Gasteiger partial charge is 0.326 e. The number of carboxylic acids is 1. The van der Waals surface area contributed by atoms with E-state index in [-0.39, 0.29) is 22.0 Å². The van der Waals surface area contributed by atoms with Crippen molar-refractivity contribution in [1.82, 2.24) is 15.3 Å². The van der Waals surface area contributed by atoms with Gasteiger partial charge in [-0.15, -0.1) is 0 Å². The van der Waals surface area contributed by atoms with Gasteiger partial charge in [0.1, 0.15) is 6.04 Å². The average molecular weight is 564 g/mol. The number of pyridine rings is 1. The van der Waals surface area contributed by atoms with Crippen molar-refractivity contribution < 1.29 is 14.7 Å². The molecule has 0 aliphatic rings. The molecule has 0 radical (unpaired) electrons.